The fraction of sp³-hybridized carbons (Fsp3) is 0.211. The van der Waals surface area contributed by atoms with E-state index in [1.54, 1.807) is 24.3 Å². The number of nitriles is 1. The lowest BCUT2D eigenvalue weighted by Crippen LogP contribution is -2.21. The fourth-order valence-corrected chi connectivity index (χ4v) is 2.70. The highest BCUT2D eigenvalue weighted by molar-refractivity contribution is 6.32. The number of anilines is 1. The van der Waals surface area contributed by atoms with Gasteiger partial charge in [0, 0.05) is 6.42 Å². The van der Waals surface area contributed by atoms with E-state index in [1.807, 2.05) is 6.07 Å². The fourth-order valence-electron chi connectivity index (χ4n) is 2.44. The zero-order valence-corrected chi connectivity index (χ0v) is 14.9. The molecule has 0 atom stereocenters. The van der Waals surface area contributed by atoms with Crippen LogP contribution in [0.4, 0.5) is 5.69 Å². The molecule has 3 rings (SSSR count). The Morgan fingerprint density at radius 2 is 2.00 bits per heavy atom. The zero-order chi connectivity index (χ0) is 19.2. The molecule has 1 aliphatic heterocycles. The van der Waals surface area contributed by atoms with Crippen molar-refractivity contribution in [2.24, 2.45) is 0 Å². The molecule has 8 heteroatoms. The van der Waals surface area contributed by atoms with Gasteiger partial charge in [0.2, 0.25) is 0 Å². The number of hydrogen-bond acceptors (Lipinski definition) is 6. The molecule has 1 aliphatic rings. The number of nitrogens with zero attached hydrogens (tertiary/aromatic N) is 1. The first kappa shape index (κ1) is 18.5. The minimum absolute atomic E-state index is 0.148. The Morgan fingerprint density at radius 3 is 2.81 bits per heavy atom. The lowest BCUT2D eigenvalue weighted by Gasteiger charge is -2.11. The van der Waals surface area contributed by atoms with Crippen LogP contribution in [0.2, 0.25) is 5.02 Å². The van der Waals surface area contributed by atoms with E-state index in [0.717, 1.165) is 0 Å². The molecule has 0 aromatic heterocycles. The number of benzene rings is 2. The minimum atomic E-state index is -0.726. The first-order valence-electron chi connectivity index (χ1n) is 8.13. The molecule has 0 bridgehead atoms. The first-order chi connectivity index (χ1) is 13.1. The molecule has 0 fully saturated rings. The van der Waals surface area contributed by atoms with E-state index in [1.165, 1.54) is 12.1 Å². The van der Waals surface area contributed by atoms with Crippen molar-refractivity contribution in [3.05, 3.63) is 52.5 Å². The summed E-state index contributed by atoms with van der Waals surface area (Å²) in [5, 5.41) is 11.8. The van der Waals surface area contributed by atoms with Crippen LogP contribution >= 0.6 is 11.6 Å². The number of rotatable bonds is 4. The van der Waals surface area contributed by atoms with Crippen molar-refractivity contribution in [2.45, 2.75) is 6.42 Å². The van der Waals surface area contributed by atoms with Crippen molar-refractivity contribution in [3.8, 4) is 17.6 Å². The SMILES string of the molecule is N#Cc1ccccc1NC(=O)COC(=O)c1cc(Cl)c2c(c1)OCCCO2. The van der Waals surface area contributed by atoms with E-state index in [2.05, 4.69) is 5.32 Å². The zero-order valence-electron chi connectivity index (χ0n) is 14.2. The second-order valence-electron chi connectivity index (χ2n) is 5.62. The van der Waals surface area contributed by atoms with Crippen LogP contribution in [0.5, 0.6) is 11.5 Å². The largest absolute Gasteiger partial charge is 0.489 e. The third-order valence-corrected chi connectivity index (χ3v) is 3.97. The molecule has 27 heavy (non-hydrogen) atoms. The lowest BCUT2D eigenvalue weighted by atomic mass is 10.2. The highest BCUT2D eigenvalue weighted by atomic mass is 35.5. The molecule has 0 unspecified atom stereocenters. The number of carbonyl (C=O) groups excluding carboxylic acids is 2. The van der Waals surface area contributed by atoms with Gasteiger partial charge in [-0.15, -0.1) is 0 Å². The van der Waals surface area contributed by atoms with Crippen LogP contribution in [0.25, 0.3) is 0 Å². The van der Waals surface area contributed by atoms with Crippen molar-refractivity contribution in [3.63, 3.8) is 0 Å². The van der Waals surface area contributed by atoms with Crippen LogP contribution in [0.15, 0.2) is 36.4 Å². The number of nitrogens with one attached hydrogen (secondary N) is 1. The van der Waals surface area contributed by atoms with Gasteiger partial charge in [0.05, 0.1) is 35.1 Å². The van der Waals surface area contributed by atoms with Crippen LogP contribution < -0.4 is 14.8 Å². The maximum atomic E-state index is 12.2. The van der Waals surface area contributed by atoms with E-state index < -0.39 is 18.5 Å². The maximum absolute atomic E-state index is 12.2. The van der Waals surface area contributed by atoms with Crippen LogP contribution in [0, 0.1) is 11.3 Å². The van der Waals surface area contributed by atoms with Gasteiger partial charge in [-0.2, -0.15) is 5.26 Å². The number of amides is 1. The number of carbonyl (C=O) groups is 2. The molecule has 2 aromatic rings. The average molecular weight is 387 g/mol. The number of ether oxygens (including phenoxy) is 3. The van der Waals surface area contributed by atoms with Gasteiger partial charge in [-0.25, -0.2) is 4.79 Å². The monoisotopic (exact) mass is 386 g/mol. The summed E-state index contributed by atoms with van der Waals surface area (Å²) < 4.78 is 16.0. The van der Waals surface area contributed by atoms with Crippen molar-refractivity contribution in [1.29, 1.82) is 5.26 Å². The third kappa shape index (κ3) is 4.49. The quantitative estimate of drug-likeness (QED) is 0.810. The Hall–Kier alpha value is -3.24. The molecule has 0 saturated carbocycles. The number of fused-ring (bicyclic) bond motifs is 1. The molecular formula is C19H15ClN2O5. The highest BCUT2D eigenvalue weighted by Gasteiger charge is 2.20. The van der Waals surface area contributed by atoms with Gasteiger partial charge in [-0.1, -0.05) is 23.7 Å². The predicted octanol–water partition coefficient (Wildman–Crippen LogP) is 3.17. The van der Waals surface area contributed by atoms with E-state index in [0.29, 0.717) is 42.4 Å². The summed E-state index contributed by atoms with van der Waals surface area (Å²) in [6.07, 6.45) is 0.704. The second-order valence-corrected chi connectivity index (χ2v) is 6.02. The summed E-state index contributed by atoms with van der Waals surface area (Å²) >= 11 is 6.14. The van der Waals surface area contributed by atoms with Gasteiger partial charge < -0.3 is 19.5 Å². The molecule has 1 amide bonds. The molecule has 0 aliphatic carbocycles. The normalized spacial score (nSPS) is 12.4. The van der Waals surface area contributed by atoms with E-state index in [4.69, 9.17) is 31.1 Å². The van der Waals surface area contributed by atoms with Gasteiger partial charge in [-0.3, -0.25) is 4.79 Å². The Balaban J connectivity index is 1.64. The van der Waals surface area contributed by atoms with Gasteiger partial charge in [0.1, 0.15) is 6.07 Å². The average Bonchev–Trinajstić information content (AvgIpc) is 2.92. The van der Waals surface area contributed by atoms with E-state index >= 15 is 0 Å². The second kappa shape index (κ2) is 8.43. The number of para-hydroxylation sites is 1. The van der Waals surface area contributed by atoms with Crippen molar-refractivity contribution >= 4 is 29.2 Å². The summed E-state index contributed by atoms with van der Waals surface area (Å²) in [6, 6.07) is 11.4. The number of esters is 1. The summed E-state index contributed by atoms with van der Waals surface area (Å²) in [5.74, 6) is -0.543. The molecule has 2 aromatic carbocycles. The third-order valence-electron chi connectivity index (χ3n) is 3.69. The van der Waals surface area contributed by atoms with Crippen LogP contribution in [0.3, 0.4) is 0 Å². The van der Waals surface area contributed by atoms with Crippen LogP contribution in [0.1, 0.15) is 22.3 Å². The summed E-state index contributed by atoms with van der Waals surface area (Å²) in [5.41, 5.74) is 0.806. The molecule has 0 spiro atoms. The number of hydrogen-bond donors (Lipinski definition) is 1. The Bertz CT molecular complexity index is 923. The topological polar surface area (TPSA) is 97.7 Å². The van der Waals surface area contributed by atoms with E-state index in [-0.39, 0.29) is 10.6 Å². The van der Waals surface area contributed by atoms with Gasteiger partial charge in [0.25, 0.3) is 5.91 Å². The molecule has 0 saturated heterocycles. The molecule has 138 valence electrons. The number of halogens is 1. The molecule has 1 heterocycles. The van der Waals surface area contributed by atoms with Crippen LogP contribution in [-0.2, 0) is 9.53 Å². The predicted molar refractivity (Wildman–Crippen MR) is 97.1 cm³/mol. The standard InChI is InChI=1S/C19H15ClN2O5/c20-14-8-13(9-16-18(14)26-7-3-6-25-16)19(24)27-11-17(23)22-15-5-2-1-4-12(15)10-21/h1-2,4-5,8-9H,3,6-7,11H2,(H,22,23). The highest BCUT2D eigenvalue weighted by Crippen LogP contribution is 2.38. The molecule has 1 N–H and O–H groups in total. The van der Waals surface area contributed by atoms with Crippen molar-refractivity contribution in [2.75, 3.05) is 25.1 Å². The summed E-state index contributed by atoms with van der Waals surface area (Å²) in [7, 11) is 0. The van der Waals surface area contributed by atoms with Crippen molar-refractivity contribution in [1.82, 2.24) is 0 Å². The molecule has 0 radical (unpaired) electrons. The van der Waals surface area contributed by atoms with Gasteiger partial charge in [0.15, 0.2) is 18.1 Å². The summed E-state index contributed by atoms with van der Waals surface area (Å²) in [6.45, 7) is 0.411. The van der Waals surface area contributed by atoms with E-state index in [9.17, 15) is 9.59 Å². The molecule has 7 nitrogen and oxygen atoms in total. The van der Waals surface area contributed by atoms with Gasteiger partial charge >= 0.3 is 5.97 Å². The Morgan fingerprint density at radius 1 is 1.22 bits per heavy atom. The summed E-state index contributed by atoms with van der Waals surface area (Å²) in [4.78, 5) is 24.2. The van der Waals surface area contributed by atoms with Crippen molar-refractivity contribution < 1.29 is 23.8 Å². The lowest BCUT2D eigenvalue weighted by molar-refractivity contribution is -0.119. The minimum Gasteiger partial charge on any atom is -0.489 e. The Kier molecular flexibility index (Phi) is 5.79. The first-order valence-corrected chi connectivity index (χ1v) is 8.51. The maximum Gasteiger partial charge on any atom is 0.338 e. The van der Waals surface area contributed by atoms with Gasteiger partial charge in [-0.05, 0) is 24.3 Å². The smallest absolute Gasteiger partial charge is 0.338 e. The van der Waals surface area contributed by atoms with Crippen LogP contribution in [-0.4, -0.2) is 31.7 Å². The molecular weight excluding hydrogens is 372 g/mol. The Labute approximate surface area is 160 Å².